The van der Waals surface area contributed by atoms with Crippen molar-refractivity contribution in [2.45, 2.75) is 50.8 Å². The Hall–Kier alpha value is -0.110. The molecule has 1 aliphatic rings. The molecule has 0 aromatic rings. The molecule has 0 spiro atoms. The van der Waals surface area contributed by atoms with Gasteiger partial charge in [0.2, 0.25) is 0 Å². The van der Waals surface area contributed by atoms with Gasteiger partial charge >= 0.3 is 0 Å². The summed E-state index contributed by atoms with van der Waals surface area (Å²) in [7, 11) is 0. The zero-order chi connectivity index (χ0) is 7.83. The van der Waals surface area contributed by atoms with Crippen LogP contribution in [0.15, 0.2) is 0 Å². The zero-order valence-electron chi connectivity index (χ0n) is 6.65. The van der Waals surface area contributed by atoms with Crippen molar-refractivity contribution in [3.63, 3.8) is 0 Å². The first-order valence-electron chi connectivity index (χ1n) is 3.83. The topological polar surface area (TPSA) is 20.2 Å². The summed E-state index contributed by atoms with van der Waals surface area (Å²) in [5.74, 6) is 0. The second kappa shape index (κ2) is 2.19. The number of hydrogen-bond donors (Lipinski definition) is 1. The summed E-state index contributed by atoms with van der Waals surface area (Å²) in [5, 5.41) is 9.47. The summed E-state index contributed by atoms with van der Waals surface area (Å²) in [6.45, 7) is 3.28. The molecule has 1 aliphatic carbocycles. The summed E-state index contributed by atoms with van der Waals surface area (Å²) in [6.07, 6.45) is 2.44. The molecule has 1 rings (SSSR count). The first-order valence-corrected chi connectivity index (χ1v) is 3.83. The largest absolute Gasteiger partial charge is 0.390 e. The zero-order valence-corrected chi connectivity index (χ0v) is 6.65. The molecule has 1 saturated carbocycles. The molecular weight excluding hydrogens is 131 g/mol. The molecule has 0 saturated heterocycles. The Morgan fingerprint density at radius 2 is 1.90 bits per heavy atom. The first kappa shape index (κ1) is 7.99. The summed E-state index contributed by atoms with van der Waals surface area (Å²) in [6, 6.07) is 0. The molecule has 0 radical (unpaired) electrons. The van der Waals surface area contributed by atoms with Crippen LogP contribution in [0.1, 0.15) is 39.5 Å². The second-order valence-corrected chi connectivity index (χ2v) is 3.94. The van der Waals surface area contributed by atoms with Crippen molar-refractivity contribution in [1.82, 2.24) is 0 Å². The molecule has 0 bridgehead atoms. The third-order valence-corrected chi connectivity index (χ3v) is 2.16. The smallest absolute Gasteiger partial charge is 0.111 e. The van der Waals surface area contributed by atoms with Crippen molar-refractivity contribution in [2.24, 2.45) is 0 Å². The van der Waals surface area contributed by atoms with E-state index in [1.165, 1.54) is 0 Å². The van der Waals surface area contributed by atoms with Gasteiger partial charge in [0.25, 0.3) is 0 Å². The monoisotopic (exact) mass is 146 g/mol. The Balaban J connectivity index is 2.56. The molecule has 2 heteroatoms. The van der Waals surface area contributed by atoms with Crippen molar-refractivity contribution >= 4 is 0 Å². The number of rotatable bonds is 0. The predicted molar refractivity (Wildman–Crippen MR) is 38.6 cm³/mol. The lowest BCUT2D eigenvalue weighted by Gasteiger charge is -2.36. The highest BCUT2D eigenvalue weighted by molar-refractivity contribution is 4.89. The van der Waals surface area contributed by atoms with E-state index in [9.17, 15) is 9.50 Å². The lowest BCUT2D eigenvalue weighted by atomic mass is 9.78. The summed E-state index contributed by atoms with van der Waals surface area (Å²) >= 11 is 0. The number of aliphatic hydroxyl groups is 1. The van der Waals surface area contributed by atoms with Gasteiger partial charge in [-0.05, 0) is 33.1 Å². The maximum Gasteiger partial charge on any atom is 0.111 e. The Morgan fingerprint density at radius 1 is 1.30 bits per heavy atom. The van der Waals surface area contributed by atoms with Crippen LogP contribution in [0, 0.1) is 0 Å². The van der Waals surface area contributed by atoms with Crippen LogP contribution in [-0.4, -0.2) is 16.4 Å². The molecule has 0 amide bonds. The standard InChI is InChI=1S/C8H15FO/c1-7(9)4-3-5-8(2,10)6-7/h10H,3-6H2,1-2H3. The molecule has 2 atom stereocenters. The van der Waals surface area contributed by atoms with Gasteiger partial charge in [-0.1, -0.05) is 0 Å². The lowest BCUT2D eigenvalue weighted by molar-refractivity contribution is -0.0425. The average molecular weight is 146 g/mol. The minimum Gasteiger partial charge on any atom is -0.390 e. The van der Waals surface area contributed by atoms with Crippen LogP contribution in [0.2, 0.25) is 0 Å². The van der Waals surface area contributed by atoms with Gasteiger partial charge in [-0.2, -0.15) is 0 Å². The van der Waals surface area contributed by atoms with E-state index in [0.717, 1.165) is 12.8 Å². The van der Waals surface area contributed by atoms with E-state index in [1.54, 1.807) is 13.8 Å². The SMILES string of the molecule is CC1(O)CCCC(C)(F)C1. The molecule has 60 valence electrons. The predicted octanol–water partition coefficient (Wildman–Crippen LogP) is 2.04. The number of hydrogen-bond acceptors (Lipinski definition) is 1. The highest BCUT2D eigenvalue weighted by atomic mass is 19.1. The fraction of sp³-hybridized carbons (Fsp3) is 1.00. The van der Waals surface area contributed by atoms with Gasteiger partial charge in [-0.25, -0.2) is 4.39 Å². The molecule has 1 N–H and O–H groups in total. The first-order chi connectivity index (χ1) is 4.41. The van der Waals surface area contributed by atoms with Gasteiger partial charge < -0.3 is 5.11 Å². The van der Waals surface area contributed by atoms with E-state index in [1.807, 2.05) is 0 Å². The molecule has 1 nitrogen and oxygen atoms in total. The summed E-state index contributed by atoms with van der Waals surface area (Å²) < 4.78 is 13.2. The highest BCUT2D eigenvalue weighted by Gasteiger charge is 2.37. The van der Waals surface area contributed by atoms with Crippen LogP contribution in [0.5, 0.6) is 0 Å². The minimum absolute atomic E-state index is 0.292. The van der Waals surface area contributed by atoms with Gasteiger partial charge in [0, 0.05) is 6.42 Å². The third kappa shape index (κ3) is 1.94. The third-order valence-electron chi connectivity index (χ3n) is 2.16. The fourth-order valence-electron chi connectivity index (χ4n) is 1.81. The molecule has 1 fully saturated rings. The maximum atomic E-state index is 13.2. The minimum atomic E-state index is -1.14. The van der Waals surface area contributed by atoms with Crippen LogP contribution in [0.3, 0.4) is 0 Å². The van der Waals surface area contributed by atoms with Crippen LogP contribution >= 0.6 is 0 Å². The van der Waals surface area contributed by atoms with Crippen molar-refractivity contribution in [3.8, 4) is 0 Å². The molecule has 2 unspecified atom stereocenters. The van der Waals surface area contributed by atoms with Gasteiger partial charge in [0.05, 0.1) is 5.60 Å². The van der Waals surface area contributed by atoms with E-state index in [2.05, 4.69) is 0 Å². The molecule has 0 aromatic heterocycles. The second-order valence-electron chi connectivity index (χ2n) is 3.94. The Bertz CT molecular complexity index is 115. The molecular formula is C8H15FO. The van der Waals surface area contributed by atoms with Gasteiger partial charge in [-0.15, -0.1) is 0 Å². The lowest BCUT2D eigenvalue weighted by Crippen LogP contribution is -2.38. The Kier molecular flexibility index (Phi) is 1.75. The molecule has 0 heterocycles. The average Bonchev–Trinajstić information content (AvgIpc) is 1.56. The van der Waals surface area contributed by atoms with Crippen LogP contribution in [0.4, 0.5) is 4.39 Å². The summed E-state index contributed by atoms with van der Waals surface area (Å²) in [4.78, 5) is 0. The fourth-order valence-corrected chi connectivity index (χ4v) is 1.81. The van der Waals surface area contributed by atoms with Gasteiger partial charge in [0.1, 0.15) is 5.67 Å². The van der Waals surface area contributed by atoms with E-state index in [4.69, 9.17) is 0 Å². The van der Waals surface area contributed by atoms with Crippen LogP contribution in [-0.2, 0) is 0 Å². The maximum absolute atomic E-state index is 13.2. The van der Waals surface area contributed by atoms with E-state index in [-0.39, 0.29) is 0 Å². The molecule has 0 aromatic carbocycles. The Labute approximate surface area is 61.2 Å². The molecule has 10 heavy (non-hydrogen) atoms. The van der Waals surface area contributed by atoms with E-state index in [0.29, 0.717) is 12.8 Å². The quantitative estimate of drug-likeness (QED) is 0.554. The van der Waals surface area contributed by atoms with Crippen molar-refractivity contribution in [1.29, 1.82) is 0 Å². The van der Waals surface area contributed by atoms with Gasteiger partial charge in [0.15, 0.2) is 0 Å². The number of halogens is 1. The number of alkyl halides is 1. The van der Waals surface area contributed by atoms with Crippen LogP contribution < -0.4 is 0 Å². The van der Waals surface area contributed by atoms with E-state index < -0.39 is 11.3 Å². The Morgan fingerprint density at radius 3 is 2.20 bits per heavy atom. The van der Waals surface area contributed by atoms with E-state index >= 15 is 0 Å². The van der Waals surface area contributed by atoms with Crippen molar-refractivity contribution in [2.75, 3.05) is 0 Å². The summed E-state index contributed by atoms with van der Waals surface area (Å²) in [5.41, 5.74) is -1.90. The van der Waals surface area contributed by atoms with Crippen molar-refractivity contribution < 1.29 is 9.50 Å². The van der Waals surface area contributed by atoms with Gasteiger partial charge in [-0.3, -0.25) is 0 Å². The normalized spacial score (nSPS) is 49.2. The van der Waals surface area contributed by atoms with Crippen LogP contribution in [0.25, 0.3) is 0 Å². The molecule has 0 aliphatic heterocycles. The highest BCUT2D eigenvalue weighted by Crippen LogP contribution is 2.37. The van der Waals surface area contributed by atoms with Crippen molar-refractivity contribution in [3.05, 3.63) is 0 Å².